The van der Waals surface area contributed by atoms with Crippen molar-refractivity contribution in [3.63, 3.8) is 0 Å². The zero-order chi connectivity index (χ0) is 15.6. The van der Waals surface area contributed by atoms with Crippen LogP contribution in [-0.2, 0) is 19.3 Å². The third-order valence-electron chi connectivity index (χ3n) is 5.60. The summed E-state index contributed by atoms with van der Waals surface area (Å²) in [5.41, 5.74) is 4.26. The van der Waals surface area contributed by atoms with E-state index < -0.39 is 0 Å². The minimum atomic E-state index is 0.413. The van der Waals surface area contributed by atoms with Crippen LogP contribution < -0.4 is 0 Å². The van der Waals surface area contributed by atoms with E-state index in [4.69, 9.17) is 0 Å². The van der Waals surface area contributed by atoms with Gasteiger partial charge in [0.15, 0.2) is 0 Å². The molecule has 120 valence electrons. The highest BCUT2D eigenvalue weighted by Gasteiger charge is 2.31. The maximum absolute atomic E-state index is 9.82. The van der Waals surface area contributed by atoms with Gasteiger partial charge in [-0.05, 0) is 66.8 Å². The molecule has 3 aliphatic rings. The third-order valence-corrected chi connectivity index (χ3v) is 5.60. The fourth-order valence-corrected chi connectivity index (χ4v) is 4.34. The van der Waals surface area contributed by atoms with E-state index in [-0.39, 0.29) is 0 Å². The summed E-state index contributed by atoms with van der Waals surface area (Å²) >= 11 is 0. The maximum Gasteiger partial charge on any atom is 0.115 e. The number of nitrogens with zero attached hydrogens (tertiary/aromatic N) is 1. The van der Waals surface area contributed by atoms with E-state index in [0.29, 0.717) is 11.8 Å². The smallest absolute Gasteiger partial charge is 0.115 e. The Kier molecular flexibility index (Phi) is 4.09. The van der Waals surface area contributed by atoms with Crippen molar-refractivity contribution in [3.8, 4) is 5.75 Å². The van der Waals surface area contributed by atoms with Gasteiger partial charge in [0.2, 0.25) is 0 Å². The molecular formula is C21H25NO. The van der Waals surface area contributed by atoms with Crippen molar-refractivity contribution in [2.45, 2.75) is 38.1 Å². The molecule has 1 N–H and O–H groups in total. The molecule has 1 aliphatic carbocycles. The van der Waals surface area contributed by atoms with E-state index in [1.54, 1.807) is 0 Å². The van der Waals surface area contributed by atoms with Crippen LogP contribution in [-0.4, -0.2) is 29.1 Å². The second-order valence-corrected chi connectivity index (χ2v) is 7.19. The highest BCUT2D eigenvalue weighted by atomic mass is 16.3. The predicted molar refractivity (Wildman–Crippen MR) is 93.7 cm³/mol. The molecule has 0 spiro atoms. The van der Waals surface area contributed by atoms with Crippen LogP contribution in [0, 0.1) is 5.92 Å². The van der Waals surface area contributed by atoms with Gasteiger partial charge in [-0.15, -0.1) is 0 Å². The molecule has 2 aromatic rings. The van der Waals surface area contributed by atoms with Gasteiger partial charge in [0.1, 0.15) is 5.75 Å². The standard InChI is InChI=1S/C21H25NO/c23-21-9-7-18-12-17-6-8-20(13-19(18)14-21)22(15-17)11-10-16-4-2-1-3-5-16/h1-5,7,9,14,17,20,23H,6,8,10-13,15H2. The van der Waals surface area contributed by atoms with Crippen molar-refractivity contribution in [2.24, 2.45) is 5.92 Å². The molecule has 0 radical (unpaired) electrons. The van der Waals surface area contributed by atoms with Crippen LogP contribution in [0.1, 0.15) is 29.5 Å². The fraction of sp³-hybridized carbons (Fsp3) is 0.429. The summed E-state index contributed by atoms with van der Waals surface area (Å²) in [6, 6.07) is 17.4. The number of hydrogen-bond acceptors (Lipinski definition) is 2. The molecule has 1 saturated heterocycles. The van der Waals surface area contributed by atoms with Crippen molar-refractivity contribution >= 4 is 0 Å². The lowest BCUT2D eigenvalue weighted by molar-refractivity contribution is 0.102. The molecule has 5 rings (SSSR count). The van der Waals surface area contributed by atoms with Crippen molar-refractivity contribution in [3.05, 3.63) is 65.2 Å². The third kappa shape index (κ3) is 3.28. The van der Waals surface area contributed by atoms with Crippen LogP contribution in [0.15, 0.2) is 48.5 Å². The Morgan fingerprint density at radius 3 is 2.70 bits per heavy atom. The molecule has 2 bridgehead atoms. The number of aromatic hydroxyl groups is 1. The summed E-state index contributed by atoms with van der Waals surface area (Å²) in [6.45, 7) is 2.39. The quantitative estimate of drug-likeness (QED) is 0.932. The van der Waals surface area contributed by atoms with Gasteiger partial charge in [0, 0.05) is 19.1 Å². The first-order valence-corrected chi connectivity index (χ1v) is 8.86. The van der Waals surface area contributed by atoms with E-state index in [1.807, 2.05) is 12.1 Å². The normalized spacial score (nSPS) is 24.0. The van der Waals surface area contributed by atoms with E-state index >= 15 is 0 Å². The first-order valence-electron chi connectivity index (χ1n) is 8.86. The van der Waals surface area contributed by atoms with Crippen LogP contribution in [0.3, 0.4) is 0 Å². The number of fused-ring (bicyclic) bond motifs is 2. The topological polar surface area (TPSA) is 23.5 Å². The number of phenols is 1. The molecule has 2 nitrogen and oxygen atoms in total. The summed E-state index contributed by atoms with van der Waals surface area (Å²) in [6.07, 6.45) is 6.05. The second kappa shape index (κ2) is 6.37. The van der Waals surface area contributed by atoms with Gasteiger partial charge in [-0.3, -0.25) is 4.90 Å². The summed E-state index contributed by atoms with van der Waals surface area (Å²) in [7, 11) is 0. The molecule has 2 aliphatic heterocycles. The lowest BCUT2D eigenvalue weighted by atomic mass is 9.80. The molecule has 2 heteroatoms. The van der Waals surface area contributed by atoms with E-state index in [1.165, 1.54) is 42.5 Å². The maximum atomic E-state index is 9.82. The van der Waals surface area contributed by atoms with Gasteiger partial charge < -0.3 is 5.11 Å². The van der Waals surface area contributed by atoms with Gasteiger partial charge in [-0.1, -0.05) is 36.4 Å². The van der Waals surface area contributed by atoms with Crippen molar-refractivity contribution in [2.75, 3.05) is 13.1 Å². The van der Waals surface area contributed by atoms with E-state index in [0.717, 1.165) is 25.3 Å². The Balaban J connectivity index is 1.51. The Morgan fingerprint density at radius 1 is 0.957 bits per heavy atom. The first-order chi connectivity index (χ1) is 11.3. The average Bonchev–Trinajstić information content (AvgIpc) is 2.55. The molecule has 2 unspecified atom stereocenters. The highest BCUT2D eigenvalue weighted by molar-refractivity contribution is 5.36. The van der Waals surface area contributed by atoms with Crippen LogP contribution in [0.2, 0.25) is 0 Å². The van der Waals surface area contributed by atoms with Gasteiger partial charge in [0.05, 0.1) is 0 Å². The molecule has 2 atom stereocenters. The van der Waals surface area contributed by atoms with Gasteiger partial charge in [-0.2, -0.15) is 0 Å². The fourth-order valence-electron chi connectivity index (χ4n) is 4.34. The van der Waals surface area contributed by atoms with Crippen molar-refractivity contribution < 1.29 is 5.11 Å². The van der Waals surface area contributed by atoms with Gasteiger partial charge >= 0.3 is 0 Å². The number of benzene rings is 2. The minimum absolute atomic E-state index is 0.413. The molecule has 0 amide bonds. The summed E-state index contributed by atoms with van der Waals surface area (Å²) in [4.78, 5) is 2.70. The predicted octanol–water partition coefficient (Wildman–Crippen LogP) is 3.81. The lowest BCUT2D eigenvalue weighted by Gasteiger charge is -2.42. The Morgan fingerprint density at radius 2 is 1.83 bits per heavy atom. The Labute approximate surface area is 138 Å². The first kappa shape index (κ1) is 14.8. The monoisotopic (exact) mass is 307 g/mol. The number of phenolic OH excluding ortho intramolecular Hbond substituents is 1. The number of hydrogen-bond donors (Lipinski definition) is 1. The molecule has 2 aromatic carbocycles. The Hall–Kier alpha value is -1.80. The van der Waals surface area contributed by atoms with Gasteiger partial charge in [-0.25, -0.2) is 0 Å². The average molecular weight is 307 g/mol. The van der Waals surface area contributed by atoms with Gasteiger partial charge in [0.25, 0.3) is 0 Å². The van der Waals surface area contributed by atoms with Crippen LogP contribution in [0.5, 0.6) is 5.75 Å². The molecule has 0 saturated carbocycles. The summed E-state index contributed by atoms with van der Waals surface area (Å²) in [5, 5.41) is 9.82. The number of piperidine rings is 1. The Bertz CT molecular complexity index is 667. The van der Waals surface area contributed by atoms with Crippen molar-refractivity contribution in [1.29, 1.82) is 0 Å². The zero-order valence-corrected chi connectivity index (χ0v) is 13.6. The molecular weight excluding hydrogens is 282 g/mol. The molecule has 1 fully saturated rings. The zero-order valence-electron chi connectivity index (χ0n) is 13.6. The largest absolute Gasteiger partial charge is 0.508 e. The van der Waals surface area contributed by atoms with E-state index in [2.05, 4.69) is 41.3 Å². The summed E-state index contributed by atoms with van der Waals surface area (Å²) in [5.74, 6) is 1.18. The molecule has 2 heterocycles. The second-order valence-electron chi connectivity index (χ2n) is 7.19. The SMILES string of the molecule is Oc1ccc2c(c1)CC1CCC(C2)CN1CCc1ccccc1. The molecule has 0 aromatic heterocycles. The minimum Gasteiger partial charge on any atom is -0.508 e. The number of rotatable bonds is 3. The molecule has 23 heavy (non-hydrogen) atoms. The highest BCUT2D eigenvalue weighted by Crippen LogP contribution is 2.33. The van der Waals surface area contributed by atoms with Crippen LogP contribution in [0.25, 0.3) is 0 Å². The lowest BCUT2D eigenvalue weighted by Crippen LogP contribution is -2.47. The van der Waals surface area contributed by atoms with Crippen LogP contribution in [0.4, 0.5) is 0 Å². The van der Waals surface area contributed by atoms with Crippen molar-refractivity contribution in [1.82, 2.24) is 4.90 Å². The summed E-state index contributed by atoms with van der Waals surface area (Å²) < 4.78 is 0. The van der Waals surface area contributed by atoms with E-state index in [9.17, 15) is 5.11 Å². The van der Waals surface area contributed by atoms with Crippen LogP contribution >= 0.6 is 0 Å².